The summed E-state index contributed by atoms with van der Waals surface area (Å²) < 4.78 is 24.1. The lowest BCUT2D eigenvalue weighted by Crippen LogP contribution is -2.23. The highest BCUT2D eigenvalue weighted by Gasteiger charge is 2.21. The van der Waals surface area contributed by atoms with Crippen molar-refractivity contribution in [1.29, 1.82) is 0 Å². The number of aromatic nitrogens is 4. The van der Waals surface area contributed by atoms with E-state index in [1.54, 1.807) is 24.8 Å². The normalized spacial score (nSPS) is 11.4. The van der Waals surface area contributed by atoms with E-state index in [1.807, 2.05) is 52.6 Å². The van der Waals surface area contributed by atoms with Gasteiger partial charge in [0.2, 0.25) is 0 Å². The first kappa shape index (κ1) is 25.4. The third-order valence-electron chi connectivity index (χ3n) is 6.33. The molecule has 0 aliphatic heterocycles. The minimum Gasteiger partial charge on any atom is -0.492 e. The molecule has 0 fully saturated rings. The first-order valence-electron chi connectivity index (χ1n) is 11.9. The zero-order valence-electron chi connectivity index (χ0n) is 21.7. The van der Waals surface area contributed by atoms with Crippen LogP contribution in [0.4, 0.5) is 4.39 Å². The number of ether oxygens (including phenoxy) is 1. The van der Waals surface area contributed by atoms with Crippen LogP contribution in [0.1, 0.15) is 27.4 Å². The largest absolute Gasteiger partial charge is 0.492 e. The number of benzene rings is 1. The number of pyridine rings is 1. The number of aryl methyl sites for hydroxylation is 1. The monoisotopic (exact) mass is 492 g/mol. The Balaban J connectivity index is 1.59. The molecule has 0 bridgehead atoms. The van der Waals surface area contributed by atoms with Gasteiger partial charge in [-0.1, -0.05) is 0 Å². The van der Waals surface area contributed by atoms with Crippen molar-refractivity contribution in [2.75, 3.05) is 41.3 Å². The molecule has 8 nitrogen and oxygen atoms in total. The second kappa shape index (κ2) is 10.5. The summed E-state index contributed by atoms with van der Waals surface area (Å²) in [6.45, 7) is 3.11. The van der Waals surface area contributed by atoms with E-state index in [1.165, 1.54) is 17.0 Å². The molecule has 3 aromatic heterocycles. The molecule has 4 aromatic rings. The summed E-state index contributed by atoms with van der Waals surface area (Å²) in [5.41, 5.74) is 5.82. The van der Waals surface area contributed by atoms with Crippen molar-refractivity contribution < 1.29 is 13.9 Å². The van der Waals surface area contributed by atoms with E-state index >= 15 is 0 Å². The van der Waals surface area contributed by atoms with Gasteiger partial charge in [0.1, 0.15) is 17.2 Å². The molecule has 0 saturated carbocycles. The summed E-state index contributed by atoms with van der Waals surface area (Å²) in [5.74, 6) is -0.0737. The number of hydrogen-bond acceptors (Lipinski definition) is 5. The molecule has 0 aliphatic rings. The molecule has 0 saturated heterocycles. The van der Waals surface area contributed by atoms with Gasteiger partial charge in [0.15, 0.2) is 5.69 Å². The number of carbonyl (C=O) groups is 1. The van der Waals surface area contributed by atoms with E-state index in [-0.39, 0.29) is 18.3 Å². The Hall–Kier alpha value is -3.72. The topological polar surface area (TPSA) is 67.9 Å². The van der Waals surface area contributed by atoms with Gasteiger partial charge in [0.05, 0.1) is 6.61 Å². The van der Waals surface area contributed by atoms with E-state index in [0.717, 1.165) is 46.7 Å². The van der Waals surface area contributed by atoms with E-state index in [9.17, 15) is 9.18 Å². The number of imidazole rings is 1. The second-order valence-electron chi connectivity index (χ2n) is 9.42. The highest BCUT2D eigenvalue weighted by atomic mass is 19.1. The highest BCUT2D eigenvalue weighted by molar-refractivity contribution is 5.93. The maximum Gasteiger partial charge on any atom is 0.274 e. The van der Waals surface area contributed by atoms with Crippen molar-refractivity contribution in [3.63, 3.8) is 0 Å². The minimum absolute atomic E-state index is 0.154. The molecule has 0 spiro atoms. The van der Waals surface area contributed by atoms with Crippen LogP contribution in [0.25, 0.3) is 16.8 Å². The number of nitrogens with zero attached hydrogens (tertiary/aromatic N) is 6. The van der Waals surface area contributed by atoms with Crippen molar-refractivity contribution in [2.45, 2.75) is 19.8 Å². The van der Waals surface area contributed by atoms with Crippen LogP contribution in [0, 0.1) is 12.7 Å². The van der Waals surface area contributed by atoms with Gasteiger partial charge in [-0.3, -0.25) is 9.48 Å². The molecule has 1 amide bonds. The van der Waals surface area contributed by atoms with Gasteiger partial charge in [0, 0.05) is 87.1 Å². The van der Waals surface area contributed by atoms with Gasteiger partial charge in [-0.05, 0) is 45.3 Å². The lowest BCUT2D eigenvalue weighted by atomic mass is 10.1. The van der Waals surface area contributed by atoms with Crippen LogP contribution in [0.5, 0.6) is 5.75 Å². The third-order valence-corrected chi connectivity index (χ3v) is 6.33. The number of carbonyl (C=O) groups excluding carboxylic acids is 1. The predicted octanol–water partition coefficient (Wildman–Crippen LogP) is 3.61. The molecule has 0 radical (unpaired) electrons. The van der Waals surface area contributed by atoms with Crippen LogP contribution < -0.4 is 4.74 Å². The number of halogens is 1. The van der Waals surface area contributed by atoms with Crippen molar-refractivity contribution in [1.82, 2.24) is 29.0 Å². The molecule has 0 atom stereocenters. The first-order valence-corrected chi connectivity index (χ1v) is 11.9. The van der Waals surface area contributed by atoms with Crippen LogP contribution in [0.2, 0.25) is 0 Å². The summed E-state index contributed by atoms with van der Waals surface area (Å²) in [7, 11) is 9.31. The Morgan fingerprint density at radius 3 is 2.61 bits per heavy atom. The number of fused-ring (bicyclic) bond motifs is 1. The van der Waals surface area contributed by atoms with Crippen LogP contribution >= 0.6 is 0 Å². The Labute approximate surface area is 210 Å². The number of likely N-dealkylation sites (N-methyl/N-ethyl adjacent to an activating group) is 1. The zero-order chi connectivity index (χ0) is 26.0. The molecule has 0 N–H and O–H groups in total. The zero-order valence-corrected chi connectivity index (χ0v) is 21.7. The predicted molar refractivity (Wildman–Crippen MR) is 138 cm³/mol. The standard InChI is InChI=1S/C27H33FN6O2/c1-18-22(26(30-33(18)6)27(35)32(4)5)12-14-36-24-15-20(28)8-9-23(24)19-7-10-25-29-16-21(34(25)17-19)11-13-31(2)3/h7-10,15-17H,11-14H2,1-6H3. The fourth-order valence-electron chi connectivity index (χ4n) is 4.17. The van der Waals surface area contributed by atoms with Gasteiger partial charge in [-0.15, -0.1) is 0 Å². The summed E-state index contributed by atoms with van der Waals surface area (Å²) in [6.07, 6.45) is 5.25. The Morgan fingerprint density at radius 2 is 1.89 bits per heavy atom. The smallest absolute Gasteiger partial charge is 0.274 e. The van der Waals surface area contributed by atoms with Gasteiger partial charge in [-0.25, -0.2) is 9.37 Å². The molecule has 4 rings (SSSR count). The van der Waals surface area contributed by atoms with Crippen molar-refractivity contribution in [2.24, 2.45) is 7.05 Å². The molecule has 1 aromatic carbocycles. The fourth-order valence-corrected chi connectivity index (χ4v) is 4.17. The average molecular weight is 493 g/mol. The summed E-state index contributed by atoms with van der Waals surface area (Å²) >= 11 is 0. The Bertz CT molecular complexity index is 1390. The molecular weight excluding hydrogens is 459 g/mol. The molecule has 190 valence electrons. The molecule has 0 unspecified atom stereocenters. The number of amides is 1. The van der Waals surface area contributed by atoms with Crippen molar-refractivity contribution >= 4 is 11.6 Å². The maximum absolute atomic E-state index is 14.2. The lowest BCUT2D eigenvalue weighted by Gasteiger charge is -2.14. The molecule has 9 heteroatoms. The second-order valence-corrected chi connectivity index (χ2v) is 9.42. The van der Waals surface area contributed by atoms with Crippen molar-refractivity contribution in [3.8, 4) is 16.9 Å². The number of rotatable bonds is 9. The first-order chi connectivity index (χ1) is 17.2. The average Bonchev–Trinajstić information content (AvgIpc) is 3.37. The Kier molecular flexibility index (Phi) is 7.40. The highest BCUT2D eigenvalue weighted by Crippen LogP contribution is 2.31. The summed E-state index contributed by atoms with van der Waals surface area (Å²) in [4.78, 5) is 20.7. The van der Waals surface area contributed by atoms with Crippen LogP contribution in [-0.4, -0.2) is 76.2 Å². The SMILES string of the molecule is Cc1c(CCOc2cc(F)ccc2-c2ccc3ncc(CCN(C)C)n3c2)c(C(=O)N(C)C)nn1C. The molecule has 36 heavy (non-hydrogen) atoms. The molecular formula is C27H33FN6O2. The molecule has 0 aliphatic carbocycles. The maximum atomic E-state index is 14.2. The van der Waals surface area contributed by atoms with E-state index in [0.29, 0.717) is 17.9 Å². The fraction of sp³-hybridized carbons (Fsp3) is 0.370. The summed E-state index contributed by atoms with van der Waals surface area (Å²) in [6, 6.07) is 8.50. The van der Waals surface area contributed by atoms with E-state index in [2.05, 4.69) is 19.4 Å². The van der Waals surface area contributed by atoms with E-state index < -0.39 is 0 Å². The lowest BCUT2D eigenvalue weighted by molar-refractivity contribution is 0.0820. The van der Waals surface area contributed by atoms with Crippen molar-refractivity contribution in [3.05, 3.63) is 71.2 Å². The minimum atomic E-state index is -0.370. The van der Waals surface area contributed by atoms with E-state index in [4.69, 9.17) is 4.74 Å². The van der Waals surface area contributed by atoms with Gasteiger partial charge < -0.3 is 18.9 Å². The van der Waals surface area contributed by atoms with Gasteiger partial charge in [-0.2, -0.15) is 5.10 Å². The summed E-state index contributed by atoms with van der Waals surface area (Å²) in [5, 5.41) is 4.39. The van der Waals surface area contributed by atoms with Crippen LogP contribution in [-0.2, 0) is 19.9 Å². The third kappa shape index (κ3) is 5.26. The quantitative estimate of drug-likeness (QED) is 0.357. The molecule has 3 heterocycles. The van der Waals surface area contributed by atoms with Crippen LogP contribution in [0.3, 0.4) is 0 Å². The Morgan fingerprint density at radius 1 is 1.11 bits per heavy atom. The van der Waals surface area contributed by atoms with Gasteiger partial charge >= 0.3 is 0 Å². The number of hydrogen-bond donors (Lipinski definition) is 0. The van der Waals surface area contributed by atoms with Gasteiger partial charge in [0.25, 0.3) is 5.91 Å². The van der Waals surface area contributed by atoms with Crippen LogP contribution in [0.15, 0.2) is 42.7 Å².